The first-order valence-electron chi connectivity index (χ1n) is 10.8. The minimum atomic E-state index is -1.00. The van der Waals surface area contributed by atoms with Gasteiger partial charge in [-0.15, -0.1) is 0 Å². The summed E-state index contributed by atoms with van der Waals surface area (Å²) in [4.78, 5) is 26.4. The van der Waals surface area contributed by atoms with Crippen LogP contribution in [-0.2, 0) is 6.42 Å². The molecular weight excluding hydrogens is 444 g/mol. The molecule has 0 radical (unpaired) electrons. The third kappa shape index (κ3) is 4.90. The average molecular weight is 475 g/mol. The van der Waals surface area contributed by atoms with E-state index < -0.39 is 11.6 Å². The maximum absolute atomic E-state index is 12.2. The van der Waals surface area contributed by atoms with Crippen LogP contribution in [0.1, 0.15) is 37.4 Å². The van der Waals surface area contributed by atoms with E-state index in [0.717, 1.165) is 21.8 Å². The van der Waals surface area contributed by atoms with Crippen molar-refractivity contribution in [2.75, 3.05) is 42.4 Å². The van der Waals surface area contributed by atoms with Crippen molar-refractivity contribution in [2.24, 2.45) is 0 Å². The van der Waals surface area contributed by atoms with Crippen molar-refractivity contribution in [1.29, 1.82) is 0 Å². The Morgan fingerprint density at radius 2 is 2.12 bits per heavy atom. The van der Waals surface area contributed by atoms with Crippen molar-refractivity contribution < 1.29 is 19.4 Å². The Morgan fingerprint density at radius 3 is 2.79 bits per heavy atom. The number of amides is 2. The summed E-state index contributed by atoms with van der Waals surface area (Å²) in [6.07, 6.45) is 0.501. The maximum Gasteiger partial charge on any atom is 0.321 e. The van der Waals surface area contributed by atoms with E-state index in [-0.39, 0.29) is 25.2 Å². The lowest BCUT2D eigenvalue weighted by Gasteiger charge is -2.37. The maximum atomic E-state index is 12.2. The second kappa shape index (κ2) is 8.81. The van der Waals surface area contributed by atoms with Gasteiger partial charge in [-0.25, -0.2) is 9.78 Å². The lowest BCUT2D eigenvalue weighted by atomic mass is 10.00. The first-order valence-corrected chi connectivity index (χ1v) is 11.6. The third-order valence-corrected chi connectivity index (χ3v) is 6.74. The van der Waals surface area contributed by atoms with Crippen molar-refractivity contribution in [3.63, 3.8) is 0 Å². The molecule has 4 rings (SSSR count). The molecule has 0 saturated heterocycles. The zero-order chi connectivity index (χ0) is 23.9. The summed E-state index contributed by atoms with van der Waals surface area (Å²) >= 11 is 1.38. The van der Waals surface area contributed by atoms with Crippen LogP contribution in [0, 0.1) is 0 Å². The lowest BCUT2D eigenvalue weighted by Crippen LogP contribution is -2.45. The summed E-state index contributed by atoms with van der Waals surface area (Å²) in [5.74, 6) is 0. The molecule has 10 nitrogen and oxygen atoms in total. The molecule has 4 N–H and O–H groups in total. The molecule has 0 unspecified atom stereocenters. The molecule has 0 spiro atoms. The van der Waals surface area contributed by atoms with Crippen LogP contribution in [0.25, 0.3) is 11.1 Å². The quantitative estimate of drug-likeness (QED) is 0.430. The summed E-state index contributed by atoms with van der Waals surface area (Å²) in [7, 11) is 3.94. The van der Waals surface area contributed by atoms with Crippen LogP contribution in [0.4, 0.5) is 21.6 Å². The largest absolute Gasteiger partial charge is 0.423 e. The first kappa shape index (κ1) is 23.3. The highest BCUT2D eigenvalue weighted by Gasteiger charge is 2.37. The lowest BCUT2D eigenvalue weighted by molar-refractivity contribution is 0.0826. The summed E-state index contributed by atoms with van der Waals surface area (Å²) in [5, 5.41) is 25.7. The molecule has 2 atom stereocenters. The van der Waals surface area contributed by atoms with E-state index in [1.165, 1.54) is 11.3 Å². The minimum Gasteiger partial charge on any atom is -0.423 e. The number of oxazole rings is 1. The van der Waals surface area contributed by atoms with Gasteiger partial charge in [-0.05, 0) is 39.0 Å². The SMILES string of the molecule is C[C@H]1c2sc(NC(=O)NCC(C)(C)O)nc2C[C@@H](CO)N1c1nc2cc(N(C)C)ccc2o1. The molecule has 33 heavy (non-hydrogen) atoms. The van der Waals surface area contributed by atoms with Crippen LogP contribution < -0.4 is 20.4 Å². The first-order chi connectivity index (χ1) is 15.6. The highest BCUT2D eigenvalue weighted by molar-refractivity contribution is 7.16. The number of nitrogens with one attached hydrogen (secondary N) is 2. The van der Waals surface area contributed by atoms with E-state index in [9.17, 15) is 15.0 Å². The van der Waals surface area contributed by atoms with Gasteiger partial charge in [0.1, 0.15) is 5.52 Å². The van der Waals surface area contributed by atoms with Gasteiger partial charge in [-0.2, -0.15) is 4.98 Å². The summed E-state index contributed by atoms with van der Waals surface area (Å²) in [5.41, 5.74) is 2.29. The van der Waals surface area contributed by atoms with Crippen molar-refractivity contribution in [1.82, 2.24) is 15.3 Å². The van der Waals surface area contributed by atoms with Gasteiger partial charge < -0.3 is 29.7 Å². The van der Waals surface area contributed by atoms with Gasteiger partial charge in [-0.3, -0.25) is 5.32 Å². The van der Waals surface area contributed by atoms with Gasteiger partial charge in [0.2, 0.25) is 0 Å². The standard InChI is InChI=1S/C22H30N6O4S/c1-12-18-16(24-20(33-18)26-19(30)23-11-22(2,3)31)9-14(10-29)28(12)21-25-15-8-13(27(4)5)6-7-17(15)32-21/h6-8,12,14,29,31H,9-11H2,1-5H3,(H2,23,24,26,30)/t12-,14-/m0/s1. The van der Waals surface area contributed by atoms with Gasteiger partial charge in [-0.1, -0.05) is 11.3 Å². The molecular formula is C22H30N6O4S. The van der Waals surface area contributed by atoms with Crippen LogP contribution >= 0.6 is 11.3 Å². The van der Waals surface area contributed by atoms with Gasteiger partial charge >= 0.3 is 6.03 Å². The number of thiazole rings is 1. The highest BCUT2D eigenvalue weighted by Crippen LogP contribution is 2.41. The Hall–Kier alpha value is -2.89. The molecule has 0 saturated carbocycles. The smallest absolute Gasteiger partial charge is 0.321 e. The molecule has 2 aromatic heterocycles. The zero-order valence-corrected chi connectivity index (χ0v) is 20.2. The van der Waals surface area contributed by atoms with E-state index in [4.69, 9.17) is 9.40 Å². The summed E-state index contributed by atoms with van der Waals surface area (Å²) in [6, 6.07) is 5.45. The van der Waals surface area contributed by atoms with Crippen molar-refractivity contribution in [3.8, 4) is 0 Å². The fraction of sp³-hybridized carbons (Fsp3) is 0.500. The van der Waals surface area contributed by atoms with Gasteiger partial charge in [0.25, 0.3) is 6.01 Å². The van der Waals surface area contributed by atoms with Crippen LogP contribution in [0.2, 0.25) is 0 Å². The number of aliphatic hydroxyl groups is 2. The number of benzene rings is 1. The van der Waals surface area contributed by atoms with E-state index in [2.05, 4.69) is 15.6 Å². The molecule has 178 valence electrons. The van der Waals surface area contributed by atoms with Gasteiger partial charge in [0.15, 0.2) is 10.7 Å². The number of carbonyl (C=O) groups excluding carboxylic acids is 1. The number of nitrogens with zero attached hydrogens (tertiary/aromatic N) is 4. The normalized spacial score (nSPS) is 18.3. The molecule has 0 fully saturated rings. The number of hydrogen-bond acceptors (Lipinski definition) is 9. The van der Waals surface area contributed by atoms with Crippen LogP contribution in [-0.4, -0.2) is 65.1 Å². The highest BCUT2D eigenvalue weighted by atomic mass is 32.1. The molecule has 11 heteroatoms. The minimum absolute atomic E-state index is 0.0855. The van der Waals surface area contributed by atoms with Gasteiger partial charge in [0.05, 0.1) is 34.9 Å². The number of rotatable bonds is 6. The number of aliphatic hydroxyl groups excluding tert-OH is 1. The number of urea groups is 1. The fourth-order valence-electron chi connectivity index (χ4n) is 3.86. The number of aromatic nitrogens is 2. The Bertz CT molecular complexity index is 1150. The van der Waals surface area contributed by atoms with Crippen LogP contribution in [0.15, 0.2) is 22.6 Å². The van der Waals surface area contributed by atoms with Crippen molar-refractivity contribution >= 4 is 45.3 Å². The molecule has 1 aliphatic rings. The van der Waals surface area contributed by atoms with E-state index in [0.29, 0.717) is 23.2 Å². The van der Waals surface area contributed by atoms with Crippen LogP contribution in [0.5, 0.6) is 0 Å². The Balaban J connectivity index is 1.58. The molecule has 1 aromatic carbocycles. The Morgan fingerprint density at radius 1 is 1.36 bits per heavy atom. The predicted octanol–water partition coefficient (Wildman–Crippen LogP) is 2.73. The third-order valence-electron chi connectivity index (χ3n) is 5.56. The van der Waals surface area contributed by atoms with E-state index >= 15 is 0 Å². The molecule has 0 aliphatic carbocycles. The zero-order valence-electron chi connectivity index (χ0n) is 19.4. The van der Waals surface area contributed by atoms with Gasteiger partial charge in [0, 0.05) is 32.7 Å². The van der Waals surface area contributed by atoms with Crippen molar-refractivity contribution in [2.45, 2.75) is 44.9 Å². The monoisotopic (exact) mass is 474 g/mol. The predicted molar refractivity (Wildman–Crippen MR) is 129 cm³/mol. The molecule has 1 aliphatic heterocycles. The second-order valence-electron chi connectivity index (χ2n) is 9.12. The van der Waals surface area contributed by atoms with E-state index in [1.54, 1.807) is 13.8 Å². The number of hydrogen-bond donors (Lipinski definition) is 4. The fourth-order valence-corrected chi connectivity index (χ4v) is 4.90. The van der Waals surface area contributed by atoms with Crippen LogP contribution in [0.3, 0.4) is 0 Å². The molecule has 2 amide bonds. The molecule has 3 heterocycles. The molecule has 0 bridgehead atoms. The topological polar surface area (TPSA) is 127 Å². The summed E-state index contributed by atoms with van der Waals surface area (Å²) < 4.78 is 6.06. The second-order valence-corrected chi connectivity index (χ2v) is 10.1. The van der Waals surface area contributed by atoms with E-state index in [1.807, 2.05) is 49.0 Å². The Kier molecular flexibility index (Phi) is 6.21. The average Bonchev–Trinajstić information content (AvgIpc) is 3.34. The van der Waals surface area contributed by atoms with Crippen molar-refractivity contribution in [3.05, 3.63) is 28.8 Å². The Labute approximate surface area is 196 Å². The number of carbonyl (C=O) groups is 1. The summed E-state index contributed by atoms with van der Waals surface area (Å²) in [6.45, 7) is 5.28. The molecule has 3 aromatic rings. The number of anilines is 3. The number of fused-ring (bicyclic) bond motifs is 2.